The van der Waals surface area contributed by atoms with Gasteiger partial charge in [-0.1, -0.05) is 6.07 Å². The third-order valence-electron chi connectivity index (χ3n) is 3.65. The fraction of sp³-hybridized carbons (Fsp3) is 0.533. The van der Waals surface area contributed by atoms with E-state index in [4.69, 9.17) is 5.11 Å². The molecule has 1 aromatic rings. The molecule has 6 heteroatoms. The molecule has 1 unspecified atom stereocenters. The van der Waals surface area contributed by atoms with Crippen LogP contribution in [-0.2, 0) is 0 Å². The largest absolute Gasteiger partial charge is 0.394 e. The number of nitrogens with one attached hydrogen (secondary N) is 1. The van der Waals surface area contributed by atoms with E-state index < -0.39 is 6.10 Å². The van der Waals surface area contributed by atoms with Gasteiger partial charge in [0.25, 0.3) is 5.91 Å². The average molecular weight is 293 g/mol. The van der Waals surface area contributed by atoms with Crippen molar-refractivity contribution in [3.63, 3.8) is 0 Å². The summed E-state index contributed by atoms with van der Waals surface area (Å²) >= 11 is 0. The van der Waals surface area contributed by atoms with Crippen LogP contribution in [0.25, 0.3) is 0 Å². The lowest BCUT2D eigenvalue weighted by molar-refractivity contribution is 0.0664. The molecule has 6 nitrogen and oxygen atoms in total. The maximum Gasteiger partial charge on any atom is 0.254 e. The Morgan fingerprint density at radius 1 is 1.33 bits per heavy atom. The number of carbonyl (C=O) groups is 1. The second kappa shape index (κ2) is 7.40. The van der Waals surface area contributed by atoms with Crippen LogP contribution in [0.15, 0.2) is 24.3 Å². The first-order valence-corrected chi connectivity index (χ1v) is 7.21. The highest BCUT2D eigenvalue weighted by molar-refractivity contribution is 5.95. The number of hydrogen-bond acceptors (Lipinski definition) is 5. The topological polar surface area (TPSA) is 76.0 Å². The summed E-state index contributed by atoms with van der Waals surface area (Å²) in [5.41, 5.74) is 1.41. The molecule has 2 rings (SSSR count). The van der Waals surface area contributed by atoms with Crippen molar-refractivity contribution >= 4 is 11.6 Å². The quantitative estimate of drug-likeness (QED) is 0.703. The zero-order valence-corrected chi connectivity index (χ0v) is 12.3. The number of carbonyl (C=O) groups excluding carboxylic acids is 1. The third kappa shape index (κ3) is 4.42. The Balaban J connectivity index is 1.98. The smallest absolute Gasteiger partial charge is 0.254 e. The molecule has 1 aliphatic heterocycles. The van der Waals surface area contributed by atoms with Gasteiger partial charge in [-0.05, 0) is 25.2 Å². The Bertz CT molecular complexity index is 473. The van der Waals surface area contributed by atoms with Crippen molar-refractivity contribution in [1.29, 1.82) is 0 Å². The predicted octanol–water partition coefficient (Wildman–Crippen LogP) is -0.161. The van der Waals surface area contributed by atoms with Gasteiger partial charge in [-0.2, -0.15) is 0 Å². The molecule has 1 fully saturated rings. The number of aliphatic hydroxyl groups is 2. The van der Waals surface area contributed by atoms with Crippen LogP contribution in [0.1, 0.15) is 10.4 Å². The molecule has 1 aliphatic rings. The van der Waals surface area contributed by atoms with Crippen molar-refractivity contribution in [3.8, 4) is 0 Å². The molecule has 1 aromatic carbocycles. The Morgan fingerprint density at radius 3 is 2.71 bits per heavy atom. The number of amides is 1. The summed E-state index contributed by atoms with van der Waals surface area (Å²) in [5.74, 6) is 0.0365. The summed E-state index contributed by atoms with van der Waals surface area (Å²) in [7, 11) is 2.05. The van der Waals surface area contributed by atoms with Gasteiger partial charge in [0, 0.05) is 44.0 Å². The summed E-state index contributed by atoms with van der Waals surface area (Å²) < 4.78 is 0. The summed E-state index contributed by atoms with van der Waals surface area (Å²) in [5, 5.41) is 21.1. The molecule has 0 radical (unpaired) electrons. The standard InChI is InChI=1S/C15H23N3O3/c1-17-5-7-18(8-6-17)15(21)12-3-2-4-13(9-12)16-10-14(20)11-19/h2-4,9,14,16,19-20H,5-8,10-11H2,1H3. The van der Waals surface area contributed by atoms with Crippen LogP contribution in [0.4, 0.5) is 5.69 Å². The molecule has 1 atom stereocenters. The van der Waals surface area contributed by atoms with Gasteiger partial charge in [-0.15, -0.1) is 0 Å². The van der Waals surface area contributed by atoms with Crippen LogP contribution in [0.3, 0.4) is 0 Å². The first kappa shape index (κ1) is 15.8. The van der Waals surface area contributed by atoms with Gasteiger partial charge in [0.05, 0.1) is 12.7 Å². The molecular formula is C15H23N3O3. The number of aliphatic hydroxyl groups excluding tert-OH is 2. The molecule has 0 aliphatic carbocycles. The van der Waals surface area contributed by atoms with Gasteiger partial charge < -0.3 is 25.3 Å². The average Bonchev–Trinajstić information content (AvgIpc) is 2.53. The third-order valence-corrected chi connectivity index (χ3v) is 3.65. The van der Waals surface area contributed by atoms with Crippen LogP contribution in [0.5, 0.6) is 0 Å². The van der Waals surface area contributed by atoms with E-state index in [9.17, 15) is 9.90 Å². The number of likely N-dealkylation sites (N-methyl/N-ethyl adjacent to an activating group) is 1. The number of rotatable bonds is 5. The SMILES string of the molecule is CN1CCN(C(=O)c2cccc(NCC(O)CO)c2)CC1. The lowest BCUT2D eigenvalue weighted by Crippen LogP contribution is -2.47. The highest BCUT2D eigenvalue weighted by Gasteiger charge is 2.20. The first-order valence-electron chi connectivity index (χ1n) is 7.21. The van der Waals surface area contributed by atoms with Gasteiger partial charge >= 0.3 is 0 Å². The van der Waals surface area contributed by atoms with Gasteiger partial charge in [0.1, 0.15) is 0 Å². The van der Waals surface area contributed by atoms with E-state index in [-0.39, 0.29) is 19.1 Å². The van der Waals surface area contributed by atoms with E-state index in [0.717, 1.165) is 31.9 Å². The summed E-state index contributed by atoms with van der Waals surface area (Å²) in [6.07, 6.45) is -0.804. The minimum absolute atomic E-state index is 0.0365. The Labute approximate surface area is 125 Å². The summed E-state index contributed by atoms with van der Waals surface area (Å²) in [6.45, 7) is 3.25. The van der Waals surface area contributed by atoms with Crippen LogP contribution in [0.2, 0.25) is 0 Å². The lowest BCUT2D eigenvalue weighted by Gasteiger charge is -2.32. The minimum Gasteiger partial charge on any atom is -0.394 e. The molecule has 1 amide bonds. The Hall–Kier alpha value is -1.63. The zero-order chi connectivity index (χ0) is 15.2. The molecule has 1 heterocycles. The second-order valence-electron chi connectivity index (χ2n) is 5.39. The van der Waals surface area contributed by atoms with Crippen LogP contribution >= 0.6 is 0 Å². The van der Waals surface area contributed by atoms with Gasteiger partial charge in [-0.25, -0.2) is 0 Å². The van der Waals surface area contributed by atoms with Crippen LogP contribution in [-0.4, -0.2) is 78.4 Å². The molecule has 0 saturated carbocycles. The highest BCUT2D eigenvalue weighted by atomic mass is 16.3. The van der Waals surface area contributed by atoms with E-state index in [1.807, 2.05) is 17.0 Å². The fourth-order valence-corrected chi connectivity index (χ4v) is 2.25. The van der Waals surface area contributed by atoms with Crippen molar-refractivity contribution in [2.24, 2.45) is 0 Å². The zero-order valence-electron chi connectivity index (χ0n) is 12.3. The van der Waals surface area contributed by atoms with Gasteiger partial charge in [-0.3, -0.25) is 4.79 Å². The maximum absolute atomic E-state index is 12.4. The first-order chi connectivity index (χ1) is 10.1. The fourth-order valence-electron chi connectivity index (χ4n) is 2.25. The summed E-state index contributed by atoms with van der Waals surface area (Å²) in [4.78, 5) is 16.5. The molecule has 116 valence electrons. The molecular weight excluding hydrogens is 270 g/mol. The molecule has 0 aromatic heterocycles. The number of nitrogens with zero attached hydrogens (tertiary/aromatic N) is 2. The molecule has 21 heavy (non-hydrogen) atoms. The Kier molecular flexibility index (Phi) is 5.55. The number of benzene rings is 1. The van der Waals surface area contributed by atoms with E-state index >= 15 is 0 Å². The minimum atomic E-state index is -0.804. The van der Waals surface area contributed by atoms with Gasteiger partial charge in [0.2, 0.25) is 0 Å². The molecule has 0 bridgehead atoms. The lowest BCUT2D eigenvalue weighted by atomic mass is 10.1. The number of piperazine rings is 1. The molecule has 0 spiro atoms. The maximum atomic E-state index is 12.4. The van der Waals surface area contributed by atoms with E-state index in [2.05, 4.69) is 17.3 Å². The van der Waals surface area contributed by atoms with Gasteiger partial charge in [0.15, 0.2) is 0 Å². The Morgan fingerprint density at radius 2 is 2.05 bits per heavy atom. The van der Waals surface area contributed by atoms with Crippen molar-refractivity contribution in [1.82, 2.24) is 9.80 Å². The summed E-state index contributed by atoms with van der Waals surface area (Å²) in [6, 6.07) is 7.24. The normalized spacial score (nSPS) is 17.6. The van der Waals surface area contributed by atoms with Crippen LogP contribution < -0.4 is 5.32 Å². The monoisotopic (exact) mass is 293 g/mol. The van der Waals surface area contributed by atoms with Crippen LogP contribution in [0, 0.1) is 0 Å². The molecule has 1 saturated heterocycles. The van der Waals surface area contributed by atoms with E-state index in [0.29, 0.717) is 5.56 Å². The van der Waals surface area contributed by atoms with Crippen molar-refractivity contribution in [3.05, 3.63) is 29.8 Å². The van der Waals surface area contributed by atoms with E-state index in [1.54, 1.807) is 12.1 Å². The predicted molar refractivity (Wildman–Crippen MR) is 81.4 cm³/mol. The highest BCUT2D eigenvalue weighted by Crippen LogP contribution is 2.14. The van der Waals surface area contributed by atoms with Crippen molar-refractivity contribution < 1.29 is 15.0 Å². The molecule has 3 N–H and O–H groups in total. The number of hydrogen-bond donors (Lipinski definition) is 3. The van der Waals surface area contributed by atoms with E-state index in [1.165, 1.54) is 0 Å². The van der Waals surface area contributed by atoms with Crippen molar-refractivity contribution in [2.45, 2.75) is 6.10 Å². The number of anilines is 1. The second-order valence-corrected chi connectivity index (χ2v) is 5.39. The van der Waals surface area contributed by atoms with Crippen molar-refractivity contribution in [2.75, 3.05) is 51.7 Å².